The van der Waals surface area contributed by atoms with E-state index in [1.54, 1.807) is 0 Å². The van der Waals surface area contributed by atoms with Crippen molar-refractivity contribution in [2.75, 3.05) is 0 Å². The summed E-state index contributed by atoms with van der Waals surface area (Å²) in [6.07, 6.45) is 0. The predicted molar refractivity (Wildman–Crippen MR) is 194 cm³/mol. The first-order chi connectivity index (χ1) is 20.1. The number of fused-ring (bicyclic) bond motifs is 1. The van der Waals surface area contributed by atoms with Crippen molar-refractivity contribution in [1.29, 1.82) is 0 Å². The predicted octanol–water partition coefficient (Wildman–Crippen LogP) is 9.43. The van der Waals surface area contributed by atoms with Crippen LogP contribution in [0.25, 0.3) is 39.2 Å². The van der Waals surface area contributed by atoms with Gasteiger partial charge in [-0.05, 0) is 65.8 Å². The number of hydrogen-bond donors (Lipinski definition) is 0. The highest BCUT2D eigenvalue weighted by atomic mass is 28.3. The minimum absolute atomic E-state index is 0.364. The SMILES string of the molecule is Cc1cc([Si](C)(C)C)ccc1-c1n(-c2c(C(C)C)cc(-c3ccc([Si](C)(C)C)cc3)cc2C(C)C)c2ccccc2[n+]1C. The number of benzene rings is 4. The van der Waals surface area contributed by atoms with Crippen LogP contribution in [0.1, 0.15) is 56.2 Å². The van der Waals surface area contributed by atoms with E-state index in [1.165, 1.54) is 66.3 Å². The molecule has 0 saturated carbocycles. The Bertz CT molecular complexity index is 1760. The fourth-order valence-electron chi connectivity index (χ4n) is 6.37. The number of hydrogen-bond acceptors (Lipinski definition) is 0. The van der Waals surface area contributed by atoms with Crippen molar-refractivity contribution in [3.63, 3.8) is 0 Å². The number of rotatable bonds is 7. The minimum Gasteiger partial charge on any atom is -0.225 e. The summed E-state index contributed by atoms with van der Waals surface area (Å²) in [4.78, 5) is 0. The zero-order chi connectivity index (χ0) is 31.4. The summed E-state index contributed by atoms with van der Waals surface area (Å²) in [5.41, 5.74) is 11.9. The van der Waals surface area contributed by atoms with E-state index >= 15 is 0 Å². The molecule has 224 valence electrons. The molecule has 0 aliphatic rings. The molecule has 0 N–H and O–H groups in total. The molecule has 0 atom stereocenters. The molecular formula is C39H51N2Si2+. The van der Waals surface area contributed by atoms with Crippen LogP contribution in [-0.4, -0.2) is 20.7 Å². The molecule has 0 spiro atoms. The van der Waals surface area contributed by atoms with Crippen molar-refractivity contribution in [2.24, 2.45) is 7.05 Å². The van der Waals surface area contributed by atoms with Crippen LogP contribution in [0.4, 0.5) is 0 Å². The van der Waals surface area contributed by atoms with Crippen LogP contribution in [0.15, 0.2) is 78.9 Å². The Morgan fingerprint density at radius 1 is 0.628 bits per heavy atom. The van der Waals surface area contributed by atoms with Crippen LogP contribution in [0.3, 0.4) is 0 Å². The van der Waals surface area contributed by atoms with Gasteiger partial charge in [-0.1, -0.05) is 126 Å². The van der Waals surface area contributed by atoms with Gasteiger partial charge in [0.25, 0.3) is 5.82 Å². The molecule has 0 amide bonds. The van der Waals surface area contributed by atoms with E-state index in [0.29, 0.717) is 11.8 Å². The first kappa shape index (κ1) is 31.2. The van der Waals surface area contributed by atoms with Gasteiger partial charge in [-0.15, -0.1) is 0 Å². The Balaban J connectivity index is 1.84. The van der Waals surface area contributed by atoms with Crippen LogP contribution in [0, 0.1) is 6.92 Å². The molecule has 0 bridgehead atoms. The molecule has 0 aliphatic heterocycles. The molecule has 43 heavy (non-hydrogen) atoms. The second kappa shape index (κ2) is 11.4. The zero-order valence-corrected chi connectivity index (χ0v) is 30.6. The minimum atomic E-state index is -1.42. The second-order valence-corrected chi connectivity index (χ2v) is 25.3. The Morgan fingerprint density at radius 2 is 1.16 bits per heavy atom. The van der Waals surface area contributed by atoms with Gasteiger partial charge in [0.1, 0.15) is 5.69 Å². The fraction of sp³-hybridized carbons (Fsp3) is 0.359. The van der Waals surface area contributed by atoms with Crippen LogP contribution < -0.4 is 14.9 Å². The van der Waals surface area contributed by atoms with Gasteiger partial charge in [-0.3, -0.25) is 0 Å². The fourth-order valence-corrected chi connectivity index (χ4v) is 8.77. The van der Waals surface area contributed by atoms with Gasteiger partial charge in [0.2, 0.25) is 0 Å². The van der Waals surface area contributed by atoms with Crippen molar-refractivity contribution >= 4 is 37.6 Å². The van der Waals surface area contributed by atoms with Crippen molar-refractivity contribution in [3.8, 4) is 28.2 Å². The topological polar surface area (TPSA) is 8.81 Å². The highest BCUT2D eigenvalue weighted by Gasteiger charge is 2.32. The summed E-state index contributed by atoms with van der Waals surface area (Å²) in [6, 6.07) is 30.5. The summed E-state index contributed by atoms with van der Waals surface area (Å²) in [7, 11) is -0.541. The maximum absolute atomic E-state index is 2.58. The van der Waals surface area contributed by atoms with Crippen molar-refractivity contribution in [2.45, 2.75) is 85.7 Å². The summed E-state index contributed by atoms with van der Waals surface area (Å²) in [5.74, 6) is 1.98. The summed E-state index contributed by atoms with van der Waals surface area (Å²) in [6.45, 7) is 26.2. The zero-order valence-electron chi connectivity index (χ0n) is 28.6. The van der Waals surface area contributed by atoms with Crippen LogP contribution in [0.5, 0.6) is 0 Å². The van der Waals surface area contributed by atoms with Gasteiger partial charge in [-0.2, -0.15) is 4.57 Å². The van der Waals surface area contributed by atoms with Crippen molar-refractivity contribution in [3.05, 3.63) is 95.6 Å². The molecule has 0 radical (unpaired) electrons. The molecule has 0 aliphatic carbocycles. The lowest BCUT2D eigenvalue weighted by atomic mass is 9.88. The molecule has 1 heterocycles. The molecule has 1 aromatic heterocycles. The van der Waals surface area contributed by atoms with Gasteiger partial charge in [-0.25, -0.2) is 4.57 Å². The number of aryl methyl sites for hydroxylation is 2. The highest BCUT2D eigenvalue weighted by Crippen LogP contribution is 2.40. The molecule has 0 saturated heterocycles. The average Bonchev–Trinajstić information content (AvgIpc) is 3.23. The number of nitrogens with zero attached hydrogens (tertiary/aromatic N) is 2. The van der Waals surface area contributed by atoms with E-state index in [1.807, 2.05) is 0 Å². The highest BCUT2D eigenvalue weighted by molar-refractivity contribution is 6.89. The average molecular weight is 604 g/mol. The summed E-state index contributed by atoms with van der Waals surface area (Å²) < 4.78 is 4.98. The first-order valence-electron chi connectivity index (χ1n) is 16.0. The third kappa shape index (κ3) is 5.84. The Kier molecular flexibility index (Phi) is 8.25. The number of para-hydroxylation sites is 2. The number of imidazole rings is 1. The lowest BCUT2D eigenvalue weighted by molar-refractivity contribution is -0.633. The molecule has 4 heteroatoms. The maximum Gasteiger partial charge on any atom is 0.295 e. The summed E-state index contributed by atoms with van der Waals surface area (Å²) >= 11 is 0. The van der Waals surface area contributed by atoms with E-state index in [4.69, 9.17) is 0 Å². The summed E-state index contributed by atoms with van der Waals surface area (Å²) in [5, 5.41) is 3.02. The molecule has 0 unspecified atom stereocenters. The van der Waals surface area contributed by atoms with E-state index in [2.05, 4.69) is 169 Å². The second-order valence-electron chi connectivity index (χ2n) is 15.1. The molecule has 4 aromatic carbocycles. The molecule has 0 fully saturated rings. The smallest absolute Gasteiger partial charge is 0.225 e. The number of aromatic nitrogens is 2. The van der Waals surface area contributed by atoms with Gasteiger partial charge in [0, 0.05) is 11.1 Å². The largest absolute Gasteiger partial charge is 0.295 e. The molecule has 2 nitrogen and oxygen atoms in total. The van der Waals surface area contributed by atoms with E-state index in [0.717, 1.165) is 0 Å². The Hall–Kier alpha value is -3.22. The van der Waals surface area contributed by atoms with E-state index in [9.17, 15) is 0 Å². The van der Waals surface area contributed by atoms with Gasteiger partial charge < -0.3 is 0 Å². The van der Waals surface area contributed by atoms with Crippen molar-refractivity contribution in [1.82, 2.24) is 4.57 Å². The van der Waals surface area contributed by atoms with Gasteiger partial charge in [0.15, 0.2) is 11.0 Å². The molecular weight excluding hydrogens is 553 g/mol. The molecule has 5 rings (SSSR count). The lowest BCUT2D eigenvalue weighted by Gasteiger charge is -2.22. The third-order valence-electron chi connectivity index (χ3n) is 9.07. The molecule has 5 aromatic rings. The Labute approximate surface area is 262 Å². The van der Waals surface area contributed by atoms with Gasteiger partial charge >= 0.3 is 0 Å². The normalized spacial score (nSPS) is 12.6. The standard InChI is InChI=1S/C39H51N2Si2/c1-26(2)34-24-30(29-17-19-31(20-18-29)42(7,8)9)25-35(27(3)4)38(34)41-37-16-14-13-15-36(37)40(6)39(41)33-22-21-32(23-28(33)5)43(10,11)12/h13-27H,1-12H3/q+1. The van der Waals surface area contributed by atoms with Gasteiger partial charge in [0.05, 0.1) is 28.8 Å². The van der Waals surface area contributed by atoms with Crippen LogP contribution in [0.2, 0.25) is 39.3 Å². The Morgan fingerprint density at radius 3 is 1.67 bits per heavy atom. The van der Waals surface area contributed by atoms with E-state index < -0.39 is 16.1 Å². The quantitative estimate of drug-likeness (QED) is 0.129. The van der Waals surface area contributed by atoms with Crippen LogP contribution in [-0.2, 0) is 7.05 Å². The first-order valence-corrected chi connectivity index (χ1v) is 23.0. The van der Waals surface area contributed by atoms with E-state index in [-0.39, 0.29) is 0 Å². The maximum atomic E-state index is 2.58. The third-order valence-corrected chi connectivity index (χ3v) is 13.2. The monoisotopic (exact) mass is 603 g/mol. The van der Waals surface area contributed by atoms with Crippen molar-refractivity contribution < 1.29 is 4.57 Å². The lowest BCUT2D eigenvalue weighted by Crippen LogP contribution is -2.38. The van der Waals surface area contributed by atoms with Crippen LogP contribution >= 0.6 is 0 Å².